The molecule has 112 valence electrons. The lowest BCUT2D eigenvalue weighted by atomic mass is 10.1. The molecular weight excluding hydrogens is 312 g/mol. The minimum Gasteiger partial charge on any atom is -0.254 e. The first-order valence-electron chi connectivity index (χ1n) is 6.88. The summed E-state index contributed by atoms with van der Waals surface area (Å²) in [4.78, 5) is 1.17. The van der Waals surface area contributed by atoms with Gasteiger partial charge in [-0.05, 0) is 28.3 Å². The predicted molar refractivity (Wildman–Crippen MR) is 94.6 cm³/mol. The lowest BCUT2D eigenvalue weighted by Crippen LogP contribution is -1.98. The molecule has 22 heavy (non-hydrogen) atoms. The fourth-order valence-electron chi connectivity index (χ4n) is 2.34. The van der Waals surface area contributed by atoms with Gasteiger partial charge in [0.1, 0.15) is 0 Å². The molecule has 0 fully saturated rings. The van der Waals surface area contributed by atoms with Crippen LogP contribution in [0.3, 0.4) is 0 Å². The van der Waals surface area contributed by atoms with Crippen molar-refractivity contribution in [2.45, 2.75) is 11.5 Å². The van der Waals surface area contributed by atoms with Gasteiger partial charge < -0.3 is 0 Å². The molecule has 0 aromatic heterocycles. The SMILES string of the molecule is C=C1c2cccc(c2)C(=C)S(=O)Cc2ccc(cc2)CS1=O. The van der Waals surface area contributed by atoms with Crippen molar-refractivity contribution in [2.24, 2.45) is 0 Å². The highest BCUT2D eigenvalue weighted by Crippen LogP contribution is 2.26. The van der Waals surface area contributed by atoms with E-state index in [0.717, 1.165) is 22.3 Å². The average Bonchev–Trinajstić information content (AvgIpc) is 2.55. The van der Waals surface area contributed by atoms with Gasteiger partial charge in [0.05, 0.1) is 33.1 Å². The molecule has 2 aliphatic heterocycles. The van der Waals surface area contributed by atoms with Gasteiger partial charge in [0.15, 0.2) is 0 Å². The van der Waals surface area contributed by atoms with Crippen LogP contribution in [0.25, 0.3) is 9.81 Å². The van der Waals surface area contributed by atoms with Crippen LogP contribution >= 0.6 is 0 Å². The van der Waals surface area contributed by atoms with Gasteiger partial charge >= 0.3 is 0 Å². The standard InChI is InChI=1S/C18H16O2S2/c1-13-17-4-3-5-18(10-17)14(2)22(20)12-16-8-6-15(7-9-16)11-21(13)19/h3-10H,1-2,11-12H2. The van der Waals surface area contributed by atoms with E-state index < -0.39 is 21.6 Å². The van der Waals surface area contributed by atoms with Crippen LogP contribution in [0, 0.1) is 0 Å². The first kappa shape index (κ1) is 15.1. The van der Waals surface area contributed by atoms with E-state index in [2.05, 4.69) is 13.2 Å². The van der Waals surface area contributed by atoms with Gasteiger partial charge in [-0.25, -0.2) is 0 Å². The normalized spacial score (nSPS) is 21.8. The molecule has 2 aliphatic rings. The van der Waals surface area contributed by atoms with Crippen molar-refractivity contribution in [1.82, 2.24) is 0 Å². The number of fused-ring (bicyclic) bond motifs is 6. The molecule has 2 heterocycles. The van der Waals surface area contributed by atoms with Gasteiger partial charge in [-0.15, -0.1) is 0 Å². The lowest BCUT2D eigenvalue weighted by molar-refractivity contribution is 0.687. The summed E-state index contributed by atoms with van der Waals surface area (Å²) < 4.78 is 25.0. The summed E-state index contributed by atoms with van der Waals surface area (Å²) in [6, 6.07) is 15.2. The second-order valence-electron chi connectivity index (χ2n) is 5.22. The number of rotatable bonds is 0. The Morgan fingerprint density at radius 1 is 0.727 bits per heavy atom. The van der Waals surface area contributed by atoms with Crippen LogP contribution < -0.4 is 0 Å². The summed E-state index contributed by atoms with van der Waals surface area (Å²) in [6.07, 6.45) is 0. The molecule has 4 heteroatoms. The van der Waals surface area contributed by atoms with E-state index in [4.69, 9.17) is 0 Å². The molecule has 0 saturated carbocycles. The van der Waals surface area contributed by atoms with Crippen molar-refractivity contribution in [3.63, 3.8) is 0 Å². The predicted octanol–water partition coefficient (Wildman–Crippen LogP) is 3.84. The van der Waals surface area contributed by atoms with Gasteiger partial charge in [-0.1, -0.05) is 55.6 Å². The fourth-order valence-corrected chi connectivity index (χ4v) is 4.46. The maximum absolute atomic E-state index is 12.5. The minimum atomic E-state index is -1.18. The fraction of sp³-hybridized carbons (Fsp3) is 0.111. The van der Waals surface area contributed by atoms with Gasteiger partial charge in [-0.2, -0.15) is 0 Å². The third-order valence-corrected chi connectivity index (χ3v) is 6.44. The van der Waals surface area contributed by atoms with Crippen molar-refractivity contribution < 1.29 is 8.42 Å². The van der Waals surface area contributed by atoms with Crippen LogP contribution in [0.15, 0.2) is 61.7 Å². The van der Waals surface area contributed by atoms with E-state index in [0.29, 0.717) is 21.3 Å². The Balaban J connectivity index is 2.12. The van der Waals surface area contributed by atoms with E-state index >= 15 is 0 Å². The zero-order valence-electron chi connectivity index (χ0n) is 12.1. The molecule has 0 spiro atoms. The van der Waals surface area contributed by atoms with Crippen molar-refractivity contribution in [3.05, 3.63) is 83.9 Å². The van der Waals surface area contributed by atoms with Crippen molar-refractivity contribution >= 4 is 31.4 Å². The quantitative estimate of drug-likeness (QED) is 0.736. The molecule has 0 radical (unpaired) electrons. The maximum atomic E-state index is 12.5. The first-order chi connectivity index (χ1) is 10.5. The van der Waals surface area contributed by atoms with E-state index in [1.165, 1.54) is 0 Å². The van der Waals surface area contributed by atoms with Gasteiger partial charge in [-0.3, -0.25) is 8.42 Å². The van der Waals surface area contributed by atoms with Crippen molar-refractivity contribution in [2.75, 3.05) is 0 Å². The summed E-state index contributed by atoms with van der Waals surface area (Å²) in [5.41, 5.74) is 3.60. The lowest BCUT2D eigenvalue weighted by Gasteiger charge is -2.09. The van der Waals surface area contributed by atoms with Crippen LogP contribution in [-0.4, -0.2) is 8.42 Å². The van der Waals surface area contributed by atoms with Crippen LogP contribution in [-0.2, 0) is 33.1 Å². The molecule has 0 N–H and O–H groups in total. The molecule has 2 atom stereocenters. The Bertz CT molecular complexity index is 740. The molecule has 2 aromatic rings. The van der Waals surface area contributed by atoms with Gasteiger partial charge in [0.2, 0.25) is 0 Å². The second-order valence-corrected chi connectivity index (χ2v) is 8.17. The van der Waals surface area contributed by atoms with Crippen LogP contribution in [0.5, 0.6) is 0 Å². The molecule has 0 amide bonds. The third-order valence-electron chi connectivity index (χ3n) is 3.67. The largest absolute Gasteiger partial charge is 0.254 e. The van der Waals surface area contributed by atoms with E-state index in [9.17, 15) is 8.42 Å². The van der Waals surface area contributed by atoms with E-state index in [1.807, 2.05) is 48.5 Å². The van der Waals surface area contributed by atoms with Gasteiger partial charge in [0, 0.05) is 9.81 Å². The Hall–Kier alpha value is -1.78. The van der Waals surface area contributed by atoms with E-state index in [-0.39, 0.29) is 0 Å². The van der Waals surface area contributed by atoms with Gasteiger partial charge in [0.25, 0.3) is 0 Å². The summed E-state index contributed by atoms with van der Waals surface area (Å²) in [5.74, 6) is 0.876. The summed E-state index contributed by atoms with van der Waals surface area (Å²) >= 11 is 0. The number of benzene rings is 2. The first-order valence-corrected chi connectivity index (χ1v) is 9.51. The monoisotopic (exact) mass is 328 g/mol. The van der Waals surface area contributed by atoms with Crippen molar-refractivity contribution in [1.29, 1.82) is 0 Å². The third kappa shape index (κ3) is 3.03. The highest BCUT2D eigenvalue weighted by atomic mass is 32.2. The number of hydrogen-bond donors (Lipinski definition) is 0. The molecule has 2 aromatic carbocycles. The second kappa shape index (κ2) is 6.15. The summed E-state index contributed by atoms with van der Waals surface area (Å²) in [6.45, 7) is 7.95. The van der Waals surface area contributed by atoms with E-state index in [1.54, 1.807) is 0 Å². The minimum absolute atomic E-state index is 0.438. The maximum Gasteiger partial charge on any atom is 0.0574 e. The highest BCUT2D eigenvalue weighted by molar-refractivity contribution is 7.94. The molecule has 0 aliphatic carbocycles. The highest BCUT2D eigenvalue weighted by Gasteiger charge is 2.14. The Kier molecular flexibility index (Phi) is 4.23. The number of hydrogen-bond acceptors (Lipinski definition) is 2. The summed E-state index contributed by atoms with van der Waals surface area (Å²) in [7, 11) is -2.37. The molecular formula is C18H16O2S2. The molecule has 0 saturated heterocycles. The smallest absolute Gasteiger partial charge is 0.0574 e. The van der Waals surface area contributed by atoms with Crippen LogP contribution in [0.2, 0.25) is 0 Å². The zero-order valence-corrected chi connectivity index (χ0v) is 13.7. The zero-order chi connectivity index (χ0) is 15.7. The molecule has 2 nitrogen and oxygen atoms in total. The molecule has 4 bridgehead atoms. The molecule has 2 unspecified atom stereocenters. The topological polar surface area (TPSA) is 34.1 Å². The Labute approximate surface area is 135 Å². The average molecular weight is 328 g/mol. The Morgan fingerprint density at radius 3 is 1.55 bits per heavy atom. The summed E-state index contributed by atoms with van der Waals surface area (Å²) in [5, 5.41) is 0. The van der Waals surface area contributed by atoms with Crippen molar-refractivity contribution in [3.8, 4) is 0 Å². The van der Waals surface area contributed by atoms with Crippen LogP contribution in [0.1, 0.15) is 22.3 Å². The molecule has 4 rings (SSSR count). The van der Waals surface area contributed by atoms with Crippen LogP contribution in [0.4, 0.5) is 0 Å². The Morgan fingerprint density at radius 2 is 1.14 bits per heavy atom.